The van der Waals surface area contributed by atoms with E-state index >= 15 is 0 Å². The Morgan fingerprint density at radius 1 is 0.897 bits per heavy atom. The summed E-state index contributed by atoms with van der Waals surface area (Å²) < 4.78 is 17.1. The van der Waals surface area contributed by atoms with Crippen LogP contribution in [0.1, 0.15) is 18.1 Å². The van der Waals surface area contributed by atoms with Crippen LogP contribution in [-0.4, -0.2) is 13.7 Å². The fourth-order valence-corrected chi connectivity index (χ4v) is 3.23. The SMILES string of the molecule is CCOc1cccc(CNc2ccc(OC)c(Cl)c2)c1OCc1ccc(Cl)cc1. The monoisotopic (exact) mass is 431 g/mol. The highest BCUT2D eigenvalue weighted by Crippen LogP contribution is 2.33. The van der Waals surface area contributed by atoms with Crippen molar-refractivity contribution in [2.45, 2.75) is 20.1 Å². The van der Waals surface area contributed by atoms with Crippen LogP contribution in [-0.2, 0) is 13.2 Å². The summed E-state index contributed by atoms with van der Waals surface area (Å²) in [7, 11) is 1.60. The first-order valence-corrected chi connectivity index (χ1v) is 10.1. The highest BCUT2D eigenvalue weighted by atomic mass is 35.5. The topological polar surface area (TPSA) is 39.7 Å². The summed E-state index contributed by atoms with van der Waals surface area (Å²) in [6.07, 6.45) is 0. The lowest BCUT2D eigenvalue weighted by atomic mass is 10.1. The minimum absolute atomic E-state index is 0.419. The van der Waals surface area contributed by atoms with E-state index in [4.69, 9.17) is 37.4 Å². The molecule has 0 fully saturated rings. The molecular formula is C23H23Cl2NO3. The molecule has 0 saturated heterocycles. The van der Waals surface area contributed by atoms with Crippen molar-refractivity contribution in [3.05, 3.63) is 81.8 Å². The smallest absolute Gasteiger partial charge is 0.166 e. The zero-order valence-electron chi connectivity index (χ0n) is 16.4. The van der Waals surface area contributed by atoms with Gasteiger partial charge in [-0.2, -0.15) is 0 Å². The molecule has 0 aliphatic heterocycles. The van der Waals surface area contributed by atoms with Gasteiger partial charge in [0.25, 0.3) is 0 Å². The Morgan fingerprint density at radius 2 is 1.69 bits per heavy atom. The summed E-state index contributed by atoms with van der Waals surface area (Å²) in [4.78, 5) is 0. The molecule has 6 heteroatoms. The maximum atomic E-state index is 6.22. The Labute approximate surface area is 181 Å². The van der Waals surface area contributed by atoms with Gasteiger partial charge in [-0.1, -0.05) is 47.5 Å². The molecule has 0 amide bonds. The average molecular weight is 432 g/mol. The number of benzene rings is 3. The number of rotatable bonds is 9. The largest absolute Gasteiger partial charge is 0.495 e. The van der Waals surface area contributed by atoms with E-state index in [-0.39, 0.29) is 0 Å². The van der Waals surface area contributed by atoms with Crippen LogP contribution in [0, 0.1) is 0 Å². The van der Waals surface area contributed by atoms with Crippen LogP contribution in [0.3, 0.4) is 0 Å². The highest BCUT2D eigenvalue weighted by molar-refractivity contribution is 6.32. The minimum atomic E-state index is 0.419. The number of methoxy groups -OCH3 is 1. The standard InChI is InChI=1S/C23H23Cl2NO3/c1-3-28-22-6-4-5-17(14-26-19-11-12-21(27-2)20(25)13-19)23(22)29-15-16-7-9-18(24)10-8-16/h4-13,26H,3,14-15H2,1-2H3. The molecule has 0 aliphatic rings. The maximum absolute atomic E-state index is 6.22. The van der Waals surface area contributed by atoms with Crippen molar-refractivity contribution in [1.82, 2.24) is 0 Å². The van der Waals surface area contributed by atoms with Crippen molar-refractivity contribution in [3.63, 3.8) is 0 Å². The van der Waals surface area contributed by atoms with E-state index in [0.717, 1.165) is 22.6 Å². The van der Waals surface area contributed by atoms with Crippen molar-refractivity contribution in [1.29, 1.82) is 0 Å². The maximum Gasteiger partial charge on any atom is 0.166 e. The number of hydrogen-bond acceptors (Lipinski definition) is 4. The molecule has 0 spiro atoms. The predicted octanol–water partition coefficient (Wildman–Crippen LogP) is 6.59. The average Bonchev–Trinajstić information content (AvgIpc) is 2.73. The van der Waals surface area contributed by atoms with Gasteiger partial charge >= 0.3 is 0 Å². The van der Waals surface area contributed by atoms with E-state index in [9.17, 15) is 0 Å². The number of nitrogens with one attached hydrogen (secondary N) is 1. The zero-order chi connectivity index (χ0) is 20.6. The molecular weight excluding hydrogens is 409 g/mol. The molecule has 1 N–H and O–H groups in total. The molecule has 0 aliphatic carbocycles. The van der Waals surface area contributed by atoms with Crippen LogP contribution >= 0.6 is 23.2 Å². The third kappa shape index (κ3) is 5.72. The first-order chi connectivity index (χ1) is 14.1. The van der Waals surface area contributed by atoms with Crippen LogP contribution in [0.25, 0.3) is 0 Å². The molecule has 0 unspecified atom stereocenters. The van der Waals surface area contributed by atoms with Crippen LogP contribution in [0.2, 0.25) is 10.0 Å². The van der Waals surface area contributed by atoms with Gasteiger partial charge < -0.3 is 19.5 Å². The summed E-state index contributed by atoms with van der Waals surface area (Å²) >= 11 is 12.2. The summed E-state index contributed by atoms with van der Waals surface area (Å²) in [5, 5.41) is 4.63. The number of hydrogen-bond donors (Lipinski definition) is 1. The van der Waals surface area contributed by atoms with Crippen LogP contribution in [0.5, 0.6) is 17.2 Å². The van der Waals surface area contributed by atoms with Gasteiger partial charge in [0.2, 0.25) is 0 Å². The molecule has 3 rings (SSSR count). The molecule has 0 heterocycles. The molecule has 4 nitrogen and oxygen atoms in total. The number of halogens is 2. The van der Waals surface area contributed by atoms with Crippen molar-refractivity contribution < 1.29 is 14.2 Å². The van der Waals surface area contributed by atoms with E-state index in [1.807, 2.05) is 67.6 Å². The first-order valence-electron chi connectivity index (χ1n) is 9.30. The lowest BCUT2D eigenvalue weighted by molar-refractivity contribution is 0.267. The molecule has 0 saturated carbocycles. The van der Waals surface area contributed by atoms with E-state index in [2.05, 4.69) is 5.32 Å². The van der Waals surface area contributed by atoms with E-state index in [0.29, 0.717) is 41.3 Å². The Bertz CT molecular complexity index is 945. The molecule has 29 heavy (non-hydrogen) atoms. The van der Waals surface area contributed by atoms with E-state index < -0.39 is 0 Å². The summed E-state index contributed by atoms with van der Waals surface area (Å²) in [6, 6.07) is 19.1. The molecule has 0 atom stereocenters. The second-order valence-electron chi connectivity index (χ2n) is 6.30. The Kier molecular flexibility index (Phi) is 7.50. The van der Waals surface area contributed by atoms with Crippen molar-refractivity contribution >= 4 is 28.9 Å². The van der Waals surface area contributed by atoms with Gasteiger partial charge in [-0.25, -0.2) is 0 Å². The van der Waals surface area contributed by atoms with Gasteiger partial charge in [0, 0.05) is 22.8 Å². The second-order valence-corrected chi connectivity index (χ2v) is 7.14. The Morgan fingerprint density at radius 3 is 2.38 bits per heavy atom. The Hall–Kier alpha value is -2.56. The summed E-state index contributed by atoms with van der Waals surface area (Å²) in [5.41, 5.74) is 2.90. The van der Waals surface area contributed by atoms with Crippen molar-refractivity contribution in [3.8, 4) is 17.2 Å². The number of ether oxygens (including phenoxy) is 3. The van der Waals surface area contributed by atoms with Crippen molar-refractivity contribution in [2.75, 3.05) is 19.0 Å². The zero-order valence-corrected chi connectivity index (χ0v) is 17.9. The molecule has 0 radical (unpaired) electrons. The lowest BCUT2D eigenvalue weighted by Gasteiger charge is -2.17. The number of para-hydroxylation sites is 1. The quantitative estimate of drug-likeness (QED) is 0.414. The van der Waals surface area contributed by atoms with Gasteiger partial charge in [-0.3, -0.25) is 0 Å². The lowest BCUT2D eigenvalue weighted by Crippen LogP contribution is -2.06. The van der Waals surface area contributed by atoms with Gasteiger partial charge in [-0.15, -0.1) is 0 Å². The van der Waals surface area contributed by atoms with E-state index in [1.54, 1.807) is 7.11 Å². The summed E-state index contributed by atoms with van der Waals surface area (Å²) in [6.45, 7) is 3.48. The van der Waals surface area contributed by atoms with Crippen LogP contribution in [0.15, 0.2) is 60.7 Å². The number of anilines is 1. The van der Waals surface area contributed by atoms with Crippen LogP contribution < -0.4 is 19.5 Å². The predicted molar refractivity (Wildman–Crippen MR) is 119 cm³/mol. The Balaban J connectivity index is 1.77. The second kappa shape index (κ2) is 10.3. The van der Waals surface area contributed by atoms with Crippen LogP contribution in [0.4, 0.5) is 5.69 Å². The third-order valence-electron chi connectivity index (χ3n) is 4.29. The molecule has 152 valence electrons. The molecule has 0 bridgehead atoms. The summed E-state index contributed by atoms with van der Waals surface area (Å²) in [5.74, 6) is 2.08. The fraction of sp³-hybridized carbons (Fsp3) is 0.217. The van der Waals surface area contributed by atoms with Gasteiger partial charge in [-0.05, 0) is 48.9 Å². The molecule has 0 aromatic heterocycles. The third-order valence-corrected chi connectivity index (χ3v) is 4.84. The van der Waals surface area contributed by atoms with Crippen molar-refractivity contribution in [2.24, 2.45) is 0 Å². The fourth-order valence-electron chi connectivity index (χ4n) is 2.84. The molecule has 3 aromatic carbocycles. The minimum Gasteiger partial charge on any atom is -0.495 e. The van der Waals surface area contributed by atoms with Gasteiger partial charge in [0.05, 0.1) is 18.7 Å². The van der Waals surface area contributed by atoms with Gasteiger partial charge in [0.1, 0.15) is 12.4 Å². The first kappa shape index (κ1) is 21.2. The molecule has 3 aromatic rings. The van der Waals surface area contributed by atoms with E-state index in [1.165, 1.54) is 0 Å². The normalized spacial score (nSPS) is 10.5. The van der Waals surface area contributed by atoms with Gasteiger partial charge in [0.15, 0.2) is 11.5 Å². The highest BCUT2D eigenvalue weighted by Gasteiger charge is 2.12.